The summed E-state index contributed by atoms with van der Waals surface area (Å²) in [5.41, 5.74) is 1.17. The highest BCUT2D eigenvalue weighted by Gasteiger charge is 2.17. The highest BCUT2D eigenvalue weighted by atomic mass is 16.5. The van der Waals surface area contributed by atoms with Crippen molar-refractivity contribution in [3.05, 3.63) is 11.1 Å². The van der Waals surface area contributed by atoms with Crippen LogP contribution < -0.4 is 0 Å². The molecule has 0 saturated heterocycles. The molecule has 0 atom stereocenters. The zero-order valence-corrected chi connectivity index (χ0v) is 10.8. The second-order valence-electron chi connectivity index (χ2n) is 3.75. The van der Waals surface area contributed by atoms with Gasteiger partial charge in [-0.2, -0.15) is 0 Å². The summed E-state index contributed by atoms with van der Waals surface area (Å²) in [7, 11) is 0. The summed E-state index contributed by atoms with van der Waals surface area (Å²) < 4.78 is 5.07. The van der Waals surface area contributed by atoms with Gasteiger partial charge < -0.3 is 4.74 Å². The van der Waals surface area contributed by atoms with E-state index in [9.17, 15) is 9.59 Å². The molecule has 0 aromatic rings. The Hall–Kier alpha value is -1.12. The normalized spacial score (nSPS) is 12.0. The number of rotatable bonds is 7. The summed E-state index contributed by atoms with van der Waals surface area (Å²) in [4.78, 5) is 23.2. The van der Waals surface area contributed by atoms with E-state index in [1.165, 1.54) is 6.92 Å². The minimum atomic E-state index is -0.331. The molecule has 0 saturated carbocycles. The molecule has 0 spiro atoms. The topological polar surface area (TPSA) is 43.4 Å². The van der Waals surface area contributed by atoms with Crippen molar-refractivity contribution in [3.8, 4) is 0 Å². The van der Waals surface area contributed by atoms with Crippen LogP contribution >= 0.6 is 0 Å². The molecular formula is C13H22O3. The van der Waals surface area contributed by atoms with Gasteiger partial charge in [-0.3, -0.25) is 4.79 Å². The molecule has 0 heterocycles. The number of ether oxygens (including phenoxy) is 1. The highest BCUT2D eigenvalue weighted by molar-refractivity contribution is 6.02. The van der Waals surface area contributed by atoms with Gasteiger partial charge in [0.15, 0.2) is 5.78 Å². The average molecular weight is 226 g/mol. The van der Waals surface area contributed by atoms with E-state index in [2.05, 4.69) is 0 Å². The van der Waals surface area contributed by atoms with Gasteiger partial charge in [-0.1, -0.05) is 27.2 Å². The Bertz CT molecular complexity index is 277. The van der Waals surface area contributed by atoms with Crippen molar-refractivity contribution < 1.29 is 14.3 Å². The van der Waals surface area contributed by atoms with Crippen LogP contribution in [0.2, 0.25) is 0 Å². The zero-order chi connectivity index (χ0) is 12.6. The molecule has 0 aliphatic heterocycles. The van der Waals surface area contributed by atoms with Crippen LogP contribution in [0.25, 0.3) is 0 Å². The number of allylic oxidation sites excluding steroid dienone is 1. The van der Waals surface area contributed by atoms with Crippen molar-refractivity contribution in [2.45, 2.75) is 53.4 Å². The lowest BCUT2D eigenvalue weighted by atomic mass is 9.98. The summed E-state index contributed by atoms with van der Waals surface area (Å²) in [5, 5.41) is 0. The van der Waals surface area contributed by atoms with Crippen LogP contribution in [-0.2, 0) is 14.3 Å². The zero-order valence-electron chi connectivity index (χ0n) is 10.8. The van der Waals surface area contributed by atoms with Crippen LogP contribution in [0.1, 0.15) is 53.4 Å². The molecule has 0 rings (SSSR count). The van der Waals surface area contributed by atoms with E-state index in [1.807, 2.05) is 20.8 Å². The SMILES string of the molecule is CCCOC(=O)/C(CC)=C(/CCC)C(C)=O. The summed E-state index contributed by atoms with van der Waals surface area (Å²) in [6, 6.07) is 0. The Kier molecular flexibility index (Phi) is 7.52. The Morgan fingerprint density at radius 1 is 1.00 bits per heavy atom. The molecule has 0 aliphatic rings. The fourth-order valence-electron chi connectivity index (χ4n) is 1.55. The van der Waals surface area contributed by atoms with Gasteiger partial charge >= 0.3 is 5.97 Å². The van der Waals surface area contributed by atoms with Gasteiger partial charge in [0.25, 0.3) is 0 Å². The Labute approximate surface area is 97.9 Å². The highest BCUT2D eigenvalue weighted by Crippen LogP contribution is 2.17. The molecule has 0 amide bonds. The number of hydrogen-bond acceptors (Lipinski definition) is 3. The first-order valence-electron chi connectivity index (χ1n) is 5.98. The molecule has 16 heavy (non-hydrogen) atoms. The van der Waals surface area contributed by atoms with Crippen LogP contribution in [0.15, 0.2) is 11.1 Å². The van der Waals surface area contributed by atoms with E-state index in [-0.39, 0.29) is 11.8 Å². The molecule has 0 bridgehead atoms. The quantitative estimate of drug-likeness (QED) is 0.495. The van der Waals surface area contributed by atoms with Gasteiger partial charge in [-0.25, -0.2) is 4.79 Å². The smallest absolute Gasteiger partial charge is 0.334 e. The lowest BCUT2D eigenvalue weighted by Crippen LogP contribution is -2.13. The predicted octanol–water partition coefficient (Wildman–Crippen LogP) is 3.04. The maximum absolute atomic E-state index is 11.7. The molecule has 92 valence electrons. The van der Waals surface area contributed by atoms with Gasteiger partial charge in [0.05, 0.1) is 6.61 Å². The van der Waals surface area contributed by atoms with Crippen molar-refractivity contribution in [1.82, 2.24) is 0 Å². The van der Waals surface area contributed by atoms with Crippen LogP contribution in [0, 0.1) is 0 Å². The standard InChI is InChI=1S/C13H22O3/c1-5-8-12(10(4)14)11(7-3)13(15)16-9-6-2/h5-9H2,1-4H3/b12-11-. The van der Waals surface area contributed by atoms with Gasteiger partial charge in [0.1, 0.15) is 0 Å². The van der Waals surface area contributed by atoms with Crippen molar-refractivity contribution in [3.63, 3.8) is 0 Å². The maximum Gasteiger partial charge on any atom is 0.334 e. The number of carbonyl (C=O) groups is 2. The minimum Gasteiger partial charge on any atom is -0.462 e. The Balaban J connectivity index is 4.92. The molecule has 3 nitrogen and oxygen atoms in total. The lowest BCUT2D eigenvalue weighted by molar-refractivity contribution is -0.139. The first-order chi connectivity index (χ1) is 7.58. The molecule has 0 aromatic carbocycles. The molecule has 0 radical (unpaired) electrons. The first-order valence-corrected chi connectivity index (χ1v) is 5.98. The van der Waals surface area contributed by atoms with Crippen molar-refractivity contribution >= 4 is 11.8 Å². The van der Waals surface area contributed by atoms with Crippen molar-refractivity contribution in [1.29, 1.82) is 0 Å². The molecule has 0 aliphatic carbocycles. The summed E-state index contributed by atoms with van der Waals surface area (Å²) in [6.07, 6.45) is 2.86. The summed E-state index contributed by atoms with van der Waals surface area (Å²) >= 11 is 0. The summed E-state index contributed by atoms with van der Waals surface area (Å²) in [6.45, 7) is 7.74. The van der Waals surface area contributed by atoms with Gasteiger partial charge in [-0.15, -0.1) is 0 Å². The van der Waals surface area contributed by atoms with Crippen LogP contribution in [0.3, 0.4) is 0 Å². The number of esters is 1. The van der Waals surface area contributed by atoms with Gasteiger partial charge in [0, 0.05) is 11.1 Å². The average Bonchev–Trinajstić information content (AvgIpc) is 2.25. The third-order valence-electron chi connectivity index (χ3n) is 2.33. The number of hydrogen-bond donors (Lipinski definition) is 0. The lowest BCUT2D eigenvalue weighted by Gasteiger charge is -2.10. The fourth-order valence-corrected chi connectivity index (χ4v) is 1.55. The molecule has 0 aromatic heterocycles. The van der Waals surface area contributed by atoms with E-state index in [0.717, 1.165) is 12.8 Å². The van der Waals surface area contributed by atoms with Gasteiger partial charge in [-0.05, 0) is 26.2 Å². The second kappa shape index (κ2) is 8.08. The second-order valence-corrected chi connectivity index (χ2v) is 3.75. The van der Waals surface area contributed by atoms with Crippen molar-refractivity contribution in [2.75, 3.05) is 6.61 Å². The van der Waals surface area contributed by atoms with E-state index in [4.69, 9.17) is 4.74 Å². The number of carbonyl (C=O) groups excluding carboxylic acids is 2. The number of Topliss-reactive ketones (excluding diaryl/α,β-unsaturated/α-hetero) is 1. The Morgan fingerprint density at radius 3 is 2.00 bits per heavy atom. The predicted molar refractivity (Wildman–Crippen MR) is 64.2 cm³/mol. The molecule has 0 fully saturated rings. The fraction of sp³-hybridized carbons (Fsp3) is 0.692. The molecule has 3 heteroatoms. The van der Waals surface area contributed by atoms with Crippen molar-refractivity contribution in [2.24, 2.45) is 0 Å². The minimum absolute atomic E-state index is 0.0212. The summed E-state index contributed by atoms with van der Waals surface area (Å²) in [5.74, 6) is -0.352. The van der Waals surface area contributed by atoms with E-state index < -0.39 is 0 Å². The molecule has 0 unspecified atom stereocenters. The van der Waals surface area contributed by atoms with Crippen LogP contribution in [0.5, 0.6) is 0 Å². The molecule has 0 N–H and O–H groups in total. The number of ketones is 1. The van der Waals surface area contributed by atoms with E-state index >= 15 is 0 Å². The van der Waals surface area contributed by atoms with E-state index in [1.54, 1.807) is 0 Å². The van der Waals surface area contributed by atoms with Gasteiger partial charge in [0.2, 0.25) is 0 Å². The Morgan fingerprint density at radius 2 is 1.62 bits per heavy atom. The largest absolute Gasteiger partial charge is 0.462 e. The third-order valence-corrected chi connectivity index (χ3v) is 2.33. The maximum atomic E-state index is 11.7. The van der Waals surface area contributed by atoms with Crippen LogP contribution in [0.4, 0.5) is 0 Å². The first kappa shape index (κ1) is 14.9. The molecular weight excluding hydrogens is 204 g/mol. The monoisotopic (exact) mass is 226 g/mol. The van der Waals surface area contributed by atoms with E-state index in [0.29, 0.717) is 30.6 Å². The van der Waals surface area contributed by atoms with Crippen LogP contribution in [-0.4, -0.2) is 18.4 Å². The third kappa shape index (κ3) is 4.60.